The van der Waals surface area contributed by atoms with E-state index in [9.17, 15) is 0 Å². The molecule has 0 N–H and O–H groups in total. The van der Waals surface area contributed by atoms with E-state index in [1.165, 1.54) is 15.9 Å². The van der Waals surface area contributed by atoms with Crippen molar-refractivity contribution < 1.29 is 0 Å². The Kier molecular flexibility index (Phi) is 0.717. The van der Waals surface area contributed by atoms with Crippen LogP contribution < -0.4 is 0 Å². The number of nitrogens with zero attached hydrogens (tertiary/aromatic N) is 2. The highest BCUT2D eigenvalue weighted by atomic mass is 32.1. The van der Waals surface area contributed by atoms with Gasteiger partial charge in [-0.2, -0.15) is 0 Å². The summed E-state index contributed by atoms with van der Waals surface area (Å²) in [5.41, 5.74) is 2.80. The Morgan fingerprint density at radius 2 is 2.36 bits per heavy atom. The minimum Gasteiger partial charge on any atom is -0.270 e. The molecular weight excluding hydrogens is 156 g/mol. The van der Waals surface area contributed by atoms with Crippen molar-refractivity contribution in [1.82, 2.24) is 8.94 Å². The average Bonchev–Trinajstić information content (AvgIpc) is 2.20. The van der Waals surface area contributed by atoms with Crippen molar-refractivity contribution in [3.05, 3.63) is 17.8 Å². The first kappa shape index (κ1) is 5.77. The van der Waals surface area contributed by atoms with Crippen LogP contribution in [0.4, 0.5) is 0 Å². The van der Waals surface area contributed by atoms with Gasteiger partial charge in [0.2, 0.25) is 0 Å². The fraction of sp³-hybridized carbons (Fsp3) is 0.375. The molecule has 56 valence electrons. The first-order valence-corrected chi connectivity index (χ1v) is 4.46. The molecule has 2 aliphatic rings. The van der Waals surface area contributed by atoms with Crippen molar-refractivity contribution >= 4 is 21.9 Å². The van der Waals surface area contributed by atoms with Crippen LogP contribution in [0.25, 0.3) is 10.3 Å². The van der Waals surface area contributed by atoms with E-state index in [0.717, 1.165) is 0 Å². The summed E-state index contributed by atoms with van der Waals surface area (Å²) < 4.78 is 3.66. The zero-order valence-corrected chi connectivity index (χ0v) is 7.27. The summed E-state index contributed by atoms with van der Waals surface area (Å²) >= 11 is 1.82. The molecule has 0 aromatic carbocycles. The Labute approximate surface area is 68.6 Å². The molecule has 11 heavy (non-hydrogen) atoms. The first-order chi connectivity index (χ1) is 5.21. The largest absolute Gasteiger partial charge is 0.270 e. The summed E-state index contributed by atoms with van der Waals surface area (Å²) in [4.78, 5) is 4.30. The van der Waals surface area contributed by atoms with Crippen LogP contribution in [-0.4, -0.2) is 8.94 Å². The van der Waals surface area contributed by atoms with Gasteiger partial charge in [-0.05, 0) is 19.9 Å². The third-order valence-electron chi connectivity index (χ3n) is 2.43. The Balaban J connectivity index is 2.56. The molecule has 0 fully saturated rings. The average molecular weight is 164 g/mol. The van der Waals surface area contributed by atoms with E-state index in [0.29, 0.717) is 0 Å². The molecule has 0 aliphatic carbocycles. The summed E-state index contributed by atoms with van der Waals surface area (Å²) in [5.74, 6) is 0. The SMILES string of the molecule is CC1(C)c2ccnc3c2sn31. The van der Waals surface area contributed by atoms with Crippen molar-refractivity contribution in [2.75, 3.05) is 0 Å². The molecule has 4 rings (SSSR count). The van der Waals surface area contributed by atoms with Gasteiger partial charge < -0.3 is 0 Å². The Bertz CT molecular complexity index is 436. The van der Waals surface area contributed by atoms with E-state index in [-0.39, 0.29) is 5.54 Å². The van der Waals surface area contributed by atoms with Gasteiger partial charge in [-0.15, -0.1) is 0 Å². The van der Waals surface area contributed by atoms with Crippen molar-refractivity contribution in [3.8, 4) is 0 Å². The van der Waals surface area contributed by atoms with E-state index in [2.05, 4.69) is 28.9 Å². The van der Waals surface area contributed by atoms with Gasteiger partial charge in [-0.3, -0.25) is 3.96 Å². The van der Waals surface area contributed by atoms with E-state index in [4.69, 9.17) is 0 Å². The third-order valence-corrected chi connectivity index (χ3v) is 3.82. The van der Waals surface area contributed by atoms with Crippen LogP contribution >= 0.6 is 11.5 Å². The summed E-state index contributed by atoms with van der Waals surface area (Å²) in [5, 5.41) is 0. The lowest BCUT2D eigenvalue weighted by atomic mass is 9.99. The quantitative estimate of drug-likeness (QED) is 0.583. The van der Waals surface area contributed by atoms with Gasteiger partial charge in [-0.25, -0.2) is 4.98 Å². The molecule has 2 nitrogen and oxygen atoms in total. The Morgan fingerprint density at radius 3 is 3.00 bits per heavy atom. The molecule has 0 saturated heterocycles. The second-order valence-electron chi connectivity index (χ2n) is 3.46. The maximum Gasteiger partial charge on any atom is 0.161 e. The normalized spacial score (nSPS) is 18.7. The predicted octanol–water partition coefficient (Wildman–Crippen LogP) is 2.19. The lowest BCUT2D eigenvalue weighted by Gasteiger charge is -2.18. The summed E-state index contributed by atoms with van der Waals surface area (Å²) in [6, 6.07) is 2.12. The fourth-order valence-electron chi connectivity index (χ4n) is 1.74. The molecule has 4 bridgehead atoms. The van der Waals surface area contributed by atoms with Gasteiger partial charge >= 0.3 is 0 Å². The molecule has 0 atom stereocenters. The summed E-state index contributed by atoms with van der Waals surface area (Å²) in [6.07, 6.45) is 1.90. The van der Waals surface area contributed by atoms with Crippen LogP contribution in [0.1, 0.15) is 19.4 Å². The van der Waals surface area contributed by atoms with Gasteiger partial charge in [0.15, 0.2) is 5.65 Å². The molecule has 4 heterocycles. The Morgan fingerprint density at radius 1 is 1.55 bits per heavy atom. The minimum absolute atomic E-state index is 0.186. The summed E-state index contributed by atoms with van der Waals surface area (Å²) in [6.45, 7) is 4.47. The number of aromatic nitrogens is 2. The van der Waals surface area contributed by atoms with Crippen molar-refractivity contribution in [2.45, 2.75) is 19.4 Å². The van der Waals surface area contributed by atoms with Crippen LogP contribution in [0.5, 0.6) is 0 Å². The topological polar surface area (TPSA) is 17.8 Å². The molecule has 0 spiro atoms. The third kappa shape index (κ3) is 0.428. The minimum atomic E-state index is 0.186. The first-order valence-electron chi connectivity index (χ1n) is 3.69. The number of hydrogen-bond donors (Lipinski definition) is 0. The fourth-order valence-corrected chi connectivity index (χ4v) is 2.98. The lowest BCUT2D eigenvalue weighted by molar-refractivity contribution is 0.502. The zero-order valence-electron chi connectivity index (χ0n) is 6.46. The highest BCUT2D eigenvalue weighted by Gasteiger charge is 2.37. The monoisotopic (exact) mass is 164 g/mol. The van der Waals surface area contributed by atoms with Crippen LogP contribution in [-0.2, 0) is 5.54 Å². The van der Waals surface area contributed by atoms with Gasteiger partial charge in [0.05, 0.1) is 10.2 Å². The van der Waals surface area contributed by atoms with E-state index in [1.54, 1.807) is 0 Å². The zero-order chi connectivity index (χ0) is 7.64. The highest BCUT2D eigenvalue weighted by molar-refractivity contribution is 7.17. The number of pyridine rings is 1. The smallest absolute Gasteiger partial charge is 0.161 e. The van der Waals surface area contributed by atoms with Gasteiger partial charge in [0.25, 0.3) is 0 Å². The van der Waals surface area contributed by atoms with Crippen molar-refractivity contribution in [2.24, 2.45) is 0 Å². The standard InChI is InChI=1S/C8H8N2S/c1-8(2)5-3-4-9-7-6(5)11-10(7)8/h3-4H,1-2H3. The van der Waals surface area contributed by atoms with Crippen molar-refractivity contribution in [3.63, 3.8) is 0 Å². The lowest BCUT2D eigenvalue weighted by Crippen LogP contribution is -2.19. The van der Waals surface area contributed by atoms with E-state index in [1.807, 2.05) is 17.7 Å². The number of hydrogen-bond acceptors (Lipinski definition) is 2. The Hall–Kier alpha value is -0.830. The van der Waals surface area contributed by atoms with Crippen LogP contribution in [0.2, 0.25) is 0 Å². The molecule has 0 unspecified atom stereocenters. The van der Waals surface area contributed by atoms with Gasteiger partial charge in [-0.1, -0.05) is 11.5 Å². The van der Waals surface area contributed by atoms with Crippen molar-refractivity contribution in [1.29, 1.82) is 0 Å². The number of rotatable bonds is 0. The molecule has 0 radical (unpaired) electrons. The highest BCUT2D eigenvalue weighted by Crippen LogP contribution is 2.47. The molecule has 3 heteroatoms. The predicted molar refractivity (Wildman–Crippen MR) is 46.0 cm³/mol. The van der Waals surface area contributed by atoms with Crippen LogP contribution in [0.15, 0.2) is 12.3 Å². The second kappa shape index (κ2) is 1.37. The second-order valence-corrected chi connectivity index (χ2v) is 4.41. The molecule has 2 aliphatic heterocycles. The van der Waals surface area contributed by atoms with E-state index >= 15 is 0 Å². The van der Waals surface area contributed by atoms with Crippen LogP contribution in [0.3, 0.4) is 0 Å². The van der Waals surface area contributed by atoms with E-state index < -0.39 is 0 Å². The molecule has 0 amide bonds. The molecule has 0 saturated carbocycles. The maximum absolute atomic E-state index is 4.30. The molecule has 2 aromatic rings. The van der Waals surface area contributed by atoms with Crippen LogP contribution in [0, 0.1) is 0 Å². The molecule has 2 aromatic heterocycles. The summed E-state index contributed by atoms with van der Waals surface area (Å²) in [7, 11) is 0. The maximum atomic E-state index is 4.30. The molecular formula is C8H8N2S. The van der Waals surface area contributed by atoms with Gasteiger partial charge in [0.1, 0.15) is 0 Å². The van der Waals surface area contributed by atoms with Gasteiger partial charge in [0, 0.05) is 11.8 Å².